The molecule has 0 bridgehead atoms. The monoisotopic (exact) mass is 466 g/mol. The topological polar surface area (TPSA) is 53.6 Å². The molecule has 0 amide bonds. The van der Waals surface area contributed by atoms with E-state index in [2.05, 4.69) is 85.6 Å². The quantitative estimate of drug-likeness (QED) is 0.361. The van der Waals surface area contributed by atoms with Gasteiger partial charge in [0.25, 0.3) is 0 Å². The Labute approximate surface area is 174 Å². The zero-order valence-electron chi connectivity index (χ0n) is 16.2. The number of nitrogens with zero attached hydrogens (tertiary/aromatic N) is 2. The number of guanidine groups is 1. The summed E-state index contributed by atoms with van der Waals surface area (Å²) in [6, 6.07) is 14.9. The second kappa shape index (κ2) is 11.2. The van der Waals surface area contributed by atoms with Gasteiger partial charge < -0.3 is 16.0 Å². The van der Waals surface area contributed by atoms with E-state index in [0.29, 0.717) is 12.5 Å². The molecule has 2 rings (SSSR count). The Morgan fingerprint density at radius 2 is 1.50 bits per heavy atom. The van der Waals surface area contributed by atoms with Gasteiger partial charge in [-0.05, 0) is 49.2 Å². The van der Waals surface area contributed by atoms with Gasteiger partial charge in [0.15, 0.2) is 5.96 Å². The Hall–Kier alpha value is -1.60. The predicted molar refractivity (Wildman–Crippen MR) is 123 cm³/mol. The number of nitrogens with one attached hydrogen (secondary N) is 1. The van der Waals surface area contributed by atoms with Crippen LogP contribution in [0.15, 0.2) is 47.5 Å². The van der Waals surface area contributed by atoms with Crippen LogP contribution in [0.2, 0.25) is 0 Å². The van der Waals surface area contributed by atoms with Crippen LogP contribution >= 0.6 is 24.0 Å². The van der Waals surface area contributed by atoms with Gasteiger partial charge >= 0.3 is 0 Å². The summed E-state index contributed by atoms with van der Waals surface area (Å²) in [5.74, 6) is 0.466. The van der Waals surface area contributed by atoms with Gasteiger partial charge in [-0.1, -0.05) is 56.3 Å². The molecule has 0 saturated heterocycles. The predicted octanol–water partition coefficient (Wildman–Crippen LogP) is 4.42. The highest BCUT2D eigenvalue weighted by atomic mass is 127. The summed E-state index contributed by atoms with van der Waals surface area (Å²) in [7, 11) is 4.15. The fourth-order valence-corrected chi connectivity index (χ4v) is 2.86. The van der Waals surface area contributed by atoms with Crippen molar-refractivity contribution in [1.29, 1.82) is 0 Å². The number of halogens is 1. The fourth-order valence-electron chi connectivity index (χ4n) is 2.86. The molecule has 0 spiro atoms. The maximum absolute atomic E-state index is 6.13. The number of nitrogens with two attached hydrogens (primary N) is 1. The molecule has 2 aromatic carbocycles. The van der Waals surface area contributed by atoms with Crippen molar-refractivity contribution in [1.82, 2.24) is 4.90 Å². The number of hydrogen-bond donors (Lipinski definition) is 2. The van der Waals surface area contributed by atoms with Gasteiger partial charge in [-0.25, -0.2) is 4.99 Å². The van der Waals surface area contributed by atoms with Crippen LogP contribution < -0.4 is 11.1 Å². The molecule has 0 aliphatic rings. The molecule has 3 N–H and O–H groups in total. The average molecular weight is 466 g/mol. The van der Waals surface area contributed by atoms with Gasteiger partial charge in [0.1, 0.15) is 0 Å². The lowest BCUT2D eigenvalue weighted by atomic mass is 10.0. The summed E-state index contributed by atoms with van der Waals surface area (Å²) in [5.41, 5.74) is 12.2. The average Bonchev–Trinajstić information content (AvgIpc) is 2.60. The summed E-state index contributed by atoms with van der Waals surface area (Å²) in [6.07, 6.45) is 1.94. The molecule has 0 atom stereocenters. The van der Waals surface area contributed by atoms with Crippen molar-refractivity contribution in [2.75, 3.05) is 19.4 Å². The summed E-state index contributed by atoms with van der Waals surface area (Å²) in [6.45, 7) is 5.84. The van der Waals surface area contributed by atoms with E-state index in [1.165, 1.54) is 16.7 Å². The van der Waals surface area contributed by atoms with Crippen molar-refractivity contribution >= 4 is 35.6 Å². The number of benzene rings is 2. The third-order valence-electron chi connectivity index (χ3n) is 4.21. The number of para-hydroxylation sites is 1. The zero-order valence-corrected chi connectivity index (χ0v) is 18.6. The second-order valence-corrected chi connectivity index (χ2v) is 6.54. The molecule has 0 heterocycles. The van der Waals surface area contributed by atoms with Crippen LogP contribution in [0.3, 0.4) is 0 Å². The van der Waals surface area contributed by atoms with Crippen molar-refractivity contribution in [3.63, 3.8) is 0 Å². The van der Waals surface area contributed by atoms with Crippen LogP contribution in [0.1, 0.15) is 36.1 Å². The van der Waals surface area contributed by atoms with E-state index >= 15 is 0 Å². The first kappa shape index (κ1) is 22.4. The summed E-state index contributed by atoms with van der Waals surface area (Å²) in [5, 5.41) is 3.31. The lowest BCUT2D eigenvalue weighted by Gasteiger charge is -2.15. The van der Waals surface area contributed by atoms with Gasteiger partial charge in [-0.15, -0.1) is 24.0 Å². The van der Waals surface area contributed by atoms with E-state index in [9.17, 15) is 0 Å². The fraction of sp³-hybridized carbons (Fsp3) is 0.381. The van der Waals surface area contributed by atoms with Gasteiger partial charge in [0, 0.05) is 12.2 Å². The van der Waals surface area contributed by atoms with Crippen LogP contribution in [0.4, 0.5) is 5.69 Å². The minimum Gasteiger partial charge on any atom is -0.370 e. The van der Waals surface area contributed by atoms with Crippen molar-refractivity contribution in [2.45, 2.75) is 39.8 Å². The van der Waals surface area contributed by atoms with E-state index in [1.807, 2.05) is 0 Å². The highest BCUT2D eigenvalue weighted by molar-refractivity contribution is 14.0. The van der Waals surface area contributed by atoms with Crippen LogP contribution in [-0.4, -0.2) is 25.0 Å². The lowest BCUT2D eigenvalue weighted by Crippen LogP contribution is -2.24. The van der Waals surface area contributed by atoms with E-state index in [-0.39, 0.29) is 24.0 Å². The Bertz CT molecular complexity index is 686. The summed E-state index contributed by atoms with van der Waals surface area (Å²) < 4.78 is 0. The zero-order chi connectivity index (χ0) is 18.2. The Kier molecular flexibility index (Phi) is 9.65. The molecule has 0 unspecified atom stereocenters. The molecule has 0 saturated carbocycles. The Balaban J connectivity index is 0.00000338. The van der Waals surface area contributed by atoms with E-state index in [0.717, 1.165) is 30.6 Å². The SMILES string of the molecule is CCc1cccc(CC)c1NC(N)=NCc1ccc(CN(C)C)cc1.I. The maximum atomic E-state index is 6.13. The van der Waals surface area contributed by atoms with E-state index in [1.54, 1.807) is 0 Å². The molecule has 5 heteroatoms. The third-order valence-corrected chi connectivity index (χ3v) is 4.21. The minimum absolute atomic E-state index is 0. The molecular weight excluding hydrogens is 435 g/mol. The van der Waals surface area contributed by atoms with Crippen molar-refractivity contribution in [2.24, 2.45) is 10.7 Å². The van der Waals surface area contributed by atoms with Gasteiger partial charge in [0.05, 0.1) is 6.54 Å². The highest BCUT2D eigenvalue weighted by Gasteiger charge is 2.07. The van der Waals surface area contributed by atoms with Crippen LogP contribution in [-0.2, 0) is 25.9 Å². The Morgan fingerprint density at radius 1 is 0.962 bits per heavy atom. The molecule has 0 aliphatic carbocycles. The van der Waals surface area contributed by atoms with E-state index < -0.39 is 0 Å². The molecular formula is C21H31IN4. The maximum Gasteiger partial charge on any atom is 0.193 e. The molecule has 0 aromatic heterocycles. The number of aliphatic imine (C=N–C) groups is 1. The second-order valence-electron chi connectivity index (χ2n) is 6.54. The summed E-state index contributed by atoms with van der Waals surface area (Å²) >= 11 is 0. The number of anilines is 1. The minimum atomic E-state index is 0. The van der Waals surface area contributed by atoms with Crippen LogP contribution in [0, 0.1) is 0 Å². The van der Waals surface area contributed by atoms with E-state index in [4.69, 9.17) is 5.73 Å². The molecule has 0 radical (unpaired) electrons. The van der Waals surface area contributed by atoms with Gasteiger partial charge in [-0.3, -0.25) is 0 Å². The first-order valence-electron chi connectivity index (χ1n) is 8.93. The lowest BCUT2D eigenvalue weighted by molar-refractivity contribution is 0.402. The number of rotatable bonds is 7. The smallest absolute Gasteiger partial charge is 0.193 e. The molecule has 2 aromatic rings. The van der Waals surface area contributed by atoms with Crippen LogP contribution in [0.25, 0.3) is 0 Å². The highest BCUT2D eigenvalue weighted by Crippen LogP contribution is 2.22. The standard InChI is InChI=1S/C21H30N4.HI/c1-5-18-8-7-9-19(6-2)20(18)24-21(22)23-14-16-10-12-17(13-11-16)15-25(3)4;/h7-13H,5-6,14-15H2,1-4H3,(H3,22,23,24);1H. The summed E-state index contributed by atoms with van der Waals surface area (Å²) in [4.78, 5) is 6.66. The molecule has 0 aliphatic heterocycles. The molecule has 4 nitrogen and oxygen atoms in total. The van der Waals surface area contributed by atoms with Crippen molar-refractivity contribution < 1.29 is 0 Å². The number of aryl methyl sites for hydroxylation is 2. The first-order chi connectivity index (χ1) is 12.0. The normalized spacial score (nSPS) is 11.3. The van der Waals surface area contributed by atoms with Gasteiger partial charge in [0.2, 0.25) is 0 Å². The van der Waals surface area contributed by atoms with Crippen LogP contribution in [0.5, 0.6) is 0 Å². The largest absolute Gasteiger partial charge is 0.370 e. The van der Waals surface area contributed by atoms with Crippen molar-refractivity contribution in [3.05, 3.63) is 64.7 Å². The molecule has 0 fully saturated rings. The van der Waals surface area contributed by atoms with Gasteiger partial charge in [-0.2, -0.15) is 0 Å². The first-order valence-corrected chi connectivity index (χ1v) is 8.93. The molecule has 26 heavy (non-hydrogen) atoms. The number of hydrogen-bond acceptors (Lipinski definition) is 2. The third kappa shape index (κ3) is 6.61. The molecule has 142 valence electrons. The Morgan fingerprint density at radius 3 is 2.00 bits per heavy atom. The van der Waals surface area contributed by atoms with Crippen molar-refractivity contribution in [3.8, 4) is 0 Å².